The molecule has 0 saturated heterocycles. The molecule has 0 fully saturated rings. The second-order valence-corrected chi connectivity index (χ2v) is 7.10. The smallest absolute Gasteiger partial charge is 0.326 e. The van der Waals surface area contributed by atoms with Crippen molar-refractivity contribution in [2.45, 2.75) is 44.2 Å². The van der Waals surface area contributed by atoms with Crippen LogP contribution in [0, 0.1) is 0 Å². The van der Waals surface area contributed by atoms with Crippen LogP contribution in [-0.2, 0) is 22.6 Å². The summed E-state index contributed by atoms with van der Waals surface area (Å²) in [6.45, 7) is -0.117. The highest BCUT2D eigenvalue weighted by Gasteiger charge is 2.28. The number of urea groups is 1. The van der Waals surface area contributed by atoms with Gasteiger partial charge in [-0.1, -0.05) is 24.3 Å². The van der Waals surface area contributed by atoms with Crippen molar-refractivity contribution in [3.63, 3.8) is 0 Å². The number of aryl methyl sites for hydroxylation is 1. The van der Waals surface area contributed by atoms with Crippen molar-refractivity contribution in [3.05, 3.63) is 59.5 Å². The lowest BCUT2D eigenvalue weighted by Gasteiger charge is -2.28. The summed E-state index contributed by atoms with van der Waals surface area (Å²) in [5.74, 6) is -0.951. The highest BCUT2D eigenvalue weighted by molar-refractivity contribution is 5.87. The number of carbonyl (C=O) groups is 3. The predicted octanol–water partition coefficient (Wildman–Crippen LogP) is 2.16. The van der Waals surface area contributed by atoms with Crippen molar-refractivity contribution in [2.24, 2.45) is 0 Å². The van der Waals surface area contributed by atoms with Gasteiger partial charge in [-0.3, -0.25) is 4.79 Å². The summed E-state index contributed by atoms with van der Waals surface area (Å²) in [5.41, 5.74) is 2.41. The highest BCUT2D eigenvalue weighted by atomic mass is 16.4. The maximum absolute atomic E-state index is 12.1. The maximum Gasteiger partial charge on any atom is 0.326 e. The maximum atomic E-state index is 12.1. The molecule has 8 heteroatoms. The van der Waals surface area contributed by atoms with Crippen molar-refractivity contribution >= 4 is 17.9 Å². The number of benzene rings is 1. The van der Waals surface area contributed by atoms with E-state index in [1.54, 1.807) is 12.1 Å². The Morgan fingerprint density at radius 3 is 2.72 bits per heavy atom. The Morgan fingerprint density at radius 2 is 1.97 bits per heavy atom. The standard InChI is InChI=1S/C21H25N3O5/c25-19(13-23-21(28)22-12-16-8-4-10-29-16)24-18(20(26)27)11-15-7-3-6-14-5-1-2-9-17(14)15/h1-2,4-5,8-10,15,18H,3,6-7,11-13H2,(H,24,25)(H,26,27)(H2,22,23,28). The lowest BCUT2D eigenvalue weighted by molar-refractivity contribution is -0.142. The zero-order valence-electron chi connectivity index (χ0n) is 16.0. The summed E-state index contributed by atoms with van der Waals surface area (Å²) in [6, 6.07) is 9.92. The lowest BCUT2D eigenvalue weighted by atomic mass is 9.79. The third-order valence-electron chi connectivity index (χ3n) is 5.06. The second kappa shape index (κ2) is 9.77. The van der Waals surface area contributed by atoms with Crippen LogP contribution in [0.5, 0.6) is 0 Å². The van der Waals surface area contributed by atoms with E-state index in [9.17, 15) is 19.5 Å². The van der Waals surface area contributed by atoms with Gasteiger partial charge in [-0.2, -0.15) is 0 Å². The van der Waals surface area contributed by atoms with Gasteiger partial charge in [0.1, 0.15) is 11.8 Å². The molecule has 2 unspecified atom stereocenters. The Morgan fingerprint density at radius 1 is 1.14 bits per heavy atom. The number of carbonyl (C=O) groups excluding carboxylic acids is 2. The van der Waals surface area contributed by atoms with Gasteiger partial charge in [0, 0.05) is 0 Å². The Balaban J connectivity index is 1.48. The van der Waals surface area contributed by atoms with E-state index in [0.29, 0.717) is 12.2 Å². The van der Waals surface area contributed by atoms with E-state index >= 15 is 0 Å². The molecule has 154 valence electrons. The summed E-state index contributed by atoms with van der Waals surface area (Å²) in [7, 11) is 0. The molecule has 29 heavy (non-hydrogen) atoms. The van der Waals surface area contributed by atoms with Crippen molar-refractivity contribution in [1.82, 2.24) is 16.0 Å². The zero-order chi connectivity index (χ0) is 20.6. The lowest BCUT2D eigenvalue weighted by Crippen LogP contribution is -2.47. The summed E-state index contributed by atoms with van der Waals surface area (Å²) >= 11 is 0. The molecule has 3 amide bonds. The number of carboxylic acids is 1. The Hall–Kier alpha value is -3.29. The average Bonchev–Trinajstić information content (AvgIpc) is 3.24. The van der Waals surface area contributed by atoms with E-state index in [0.717, 1.165) is 24.8 Å². The van der Waals surface area contributed by atoms with E-state index in [1.165, 1.54) is 11.8 Å². The van der Waals surface area contributed by atoms with Crippen LogP contribution in [-0.4, -0.2) is 35.6 Å². The molecule has 0 spiro atoms. The molecule has 4 N–H and O–H groups in total. The van der Waals surface area contributed by atoms with Gasteiger partial charge in [-0.05, 0) is 54.9 Å². The minimum Gasteiger partial charge on any atom is -0.480 e. The van der Waals surface area contributed by atoms with E-state index in [4.69, 9.17) is 4.42 Å². The number of carboxylic acid groups (broad SMARTS) is 1. The molecule has 2 atom stereocenters. The van der Waals surface area contributed by atoms with Crippen molar-refractivity contribution in [2.75, 3.05) is 6.54 Å². The average molecular weight is 399 g/mol. The number of furan rings is 1. The molecule has 1 heterocycles. The first-order chi connectivity index (χ1) is 14.0. The van der Waals surface area contributed by atoms with Gasteiger partial charge in [-0.15, -0.1) is 0 Å². The fourth-order valence-corrected chi connectivity index (χ4v) is 3.65. The number of hydrogen-bond donors (Lipinski definition) is 4. The molecule has 8 nitrogen and oxygen atoms in total. The van der Waals surface area contributed by atoms with Crippen LogP contribution in [0.1, 0.15) is 42.1 Å². The summed E-state index contributed by atoms with van der Waals surface area (Å²) in [5, 5.41) is 17.0. The van der Waals surface area contributed by atoms with Crippen LogP contribution in [0.3, 0.4) is 0 Å². The molecule has 0 bridgehead atoms. The Labute approximate surface area is 168 Å². The molecule has 3 rings (SSSR count). The van der Waals surface area contributed by atoms with Gasteiger partial charge in [0.2, 0.25) is 5.91 Å². The van der Waals surface area contributed by atoms with Gasteiger partial charge in [0.05, 0.1) is 19.4 Å². The Kier molecular flexibility index (Phi) is 6.89. The first-order valence-electron chi connectivity index (χ1n) is 9.67. The zero-order valence-corrected chi connectivity index (χ0v) is 16.0. The van der Waals surface area contributed by atoms with Gasteiger partial charge in [0.25, 0.3) is 0 Å². The largest absolute Gasteiger partial charge is 0.480 e. The normalized spacial score (nSPS) is 16.3. The number of hydrogen-bond acceptors (Lipinski definition) is 4. The number of amides is 3. The molecule has 0 saturated carbocycles. The topological polar surface area (TPSA) is 121 Å². The number of nitrogens with one attached hydrogen (secondary N) is 3. The molecule has 0 radical (unpaired) electrons. The molecule has 1 aliphatic rings. The molecule has 1 aliphatic carbocycles. The quantitative estimate of drug-likeness (QED) is 0.542. The van der Waals surface area contributed by atoms with Crippen molar-refractivity contribution in [3.8, 4) is 0 Å². The second-order valence-electron chi connectivity index (χ2n) is 7.10. The van der Waals surface area contributed by atoms with Gasteiger partial charge < -0.3 is 25.5 Å². The number of aliphatic carboxylic acids is 1. The Bertz CT molecular complexity index is 850. The number of fused-ring (bicyclic) bond motifs is 1. The van der Waals surface area contributed by atoms with Crippen molar-refractivity contribution in [1.29, 1.82) is 0 Å². The fraction of sp³-hybridized carbons (Fsp3) is 0.381. The summed E-state index contributed by atoms with van der Waals surface area (Å²) < 4.78 is 5.10. The van der Waals surface area contributed by atoms with Crippen LogP contribution >= 0.6 is 0 Å². The molecular formula is C21H25N3O5. The van der Waals surface area contributed by atoms with Gasteiger partial charge in [-0.25, -0.2) is 9.59 Å². The van der Waals surface area contributed by atoms with E-state index in [1.807, 2.05) is 18.2 Å². The minimum atomic E-state index is -1.08. The minimum absolute atomic E-state index is 0.0888. The van der Waals surface area contributed by atoms with Crippen molar-refractivity contribution < 1.29 is 23.9 Å². The molecule has 0 aliphatic heterocycles. The van der Waals surface area contributed by atoms with Crippen LogP contribution in [0.25, 0.3) is 0 Å². The summed E-state index contributed by atoms with van der Waals surface area (Å²) in [4.78, 5) is 35.6. The molecule has 1 aromatic carbocycles. The third kappa shape index (κ3) is 5.84. The first-order valence-corrected chi connectivity index (χ1v) is 9.67. The van der Waals surface area contributed by atoms with Crippen LogP contribution in [0.4, 0.5) is 4.79 Å². The SMILES string of the molecule is O=C(CNC(=O)NCc1ccco1)NC(CC1CCCc2ccccc21)C(=O)O. The monoisotopic (exact) mass is 399 g/mol. The van der Waals surface area contributed by atoms with E-state index in [-0.39, 0.29) is 19.0 Å². The van der Waals surface area contributed by atoms with E-state index < -0.39 is 23.9 Å². The number of rotatable bonds is 8. The molecular weight excluding hydrogens is 374 g/mol. The molecule has 1 aromatic heterocycles. The van der Waals surface area contributed by atoms with E-state index in [2.05, 4.69) is 22.0 Å². The van der Waals surface area contributed by atoms with Gasteiger partial charge >= 0.3 is 12.0 Å². The van der Waals surface area contributed by atoms with Gasteiger partial charge in [0.15, 0.2) is 0 Å². The summed E-state index contributed by atoms with van der Waals surface area (Å²) in [6.07, 6.45) is 4.71. The first kappa shape index (κ1) is 20.4. The van der Waals surface area contributed by atoms with Crippen LogP contribution in [0.2, 0.25) is 0 Å². The highest BCUT2D eigenvalue weighted by Crippen LogP contribution is 2.34. The molecule has 2 aromatic rings. The fourth-order valence-electron chi connectivity index (χ4n) is 3.65. The third-order valence-corrected chi connectivity index (χ3v) is 5.06. The van der Waals surface area contributed by atoms with Crippen LogP contribution in [0.15, 0.2) is 47.1 Å². The van der Waals surface area contributed by atoms with Crippen LogP contribution < -0.4 is 16.0 Å². The predicted molar refractivity (Wildman–Crippen MR) is 105 cm³/mol.